The molecule has 0 spiro atoms. The highest BCUT2D eigenvalue weighted by Crippen LogP contribution is 2.23. The number of sulfonamides is 1. The second kappa shape index (κ2) is 5.37. The predicted octanol–water partition coefficient (Wildman–Crippen LogP) is 3.11. The SMILES string of the molecule is Nc1cc(F)cc(S(=O)(=O)Nc2ccc(Br)c(F)c2)c1. The van der Waals surface area contributed by atoms with Crippen molar-refractivity contribution in [1.29, 1.82) is 0 Å². The molecule has 106 valence electrons. The minimum Gasteiger partial charge on any atom is -0.399 e. The van der Waals surface area contributed by atoms with E-state index in [2.05, 4.69) is 20.7 Å². The number of benzene rings is 2. The van der Waals surface area contributed by atoms with Gasteiger partial charge in [0.05, 0.1) is 15.1 Å². The van der Waals surface area contributed by atoms with E-state index in [0.29, 0.717) is 0 Å². The van der Waals surface area contributed by atoms with Gasteiger partial charge in [-0.2, -0.15) is 0 Å². The molecule has 0 saturated carbocycles. The van der Waals surface area contributed by atoms with Gasteiger partial charge in [-0.25, -0.2) is 17.2 Å². The predicted molar refractivity (Wildman–Crippen MR) is 75.7 cm³/mol. The number of nitrogens with two attached hydrogens (primary N) is 1. The van der Waals surface area contributed by atoms with Crippen LogP contribution >= 0.6 is 15.9 Å². The molecule has 0 heterocycles. The third-order valence-electron chi connectivity index (χ3n) is 2.38. The topological polar surface area (TPSA) is 72.2 Å². The normalized spacial score (nSPS) is 11.3. The van der Waals surface area contributed by atoms with E-state index in [9.17, 15) is 17.2 Å². The van der Waals surface area contributed by atoms with Crippen molar-refractivity contribution in [1.82, 2.24) is 0 Å². The number of anilines is 2. The Bertz CT molecular complexity index is 746. The molecular weight excluding hydrogens is 354 g/mol. The average Bonchev–Trinajstić information content (AvgIpc) is 2.32. The minimum absolute atomic E-state index is 0.0210. The van der Waals surface area contributed by atoms with Gasteiger partial charge in [-0.15, -0.1) is 0 Å². The van der Waals surface area contributed by atoms with E-state index in [4.69, 9.17) is 5.73 Å². The molecule has 20 heavy (non-hydrogen) atoms. The number of nitrogen functional groups attached to an aromatic ring is 1. The van der Waals surface area contributed by atoms with Crippen LogP contribution in [0.4, 0.5) is 20.2 Å². The zero-order valence-corrected chi connectivity index (χ0v) is 12.3. The molecule has 4 nitrogen and oxygen atoms in total. The summed E-state index contributed by atoms with van der Waals surface area (Å²) in [5.74, 6) is -1.39. The number of hydrogen-bond donors (Lipinski definition) is 2. The van der Waals surface area contributed by atoms with Gasteiger partial charge >= 0.3 is 0 Å². The second-order valence-electron chi connectivity index (χ2n) is 3.95. The van der Waals surface area contributed by atoms with Crippen molar-refractivity contribution < 1.29 is 17.2 Å². The number of hydrogen-bond acceptors (Lipinski definition) is 3. The van der Waals surface area contributed by atoms with Gasteiger partial charge in [-0.1, -0.05) is 0 Å². The summed E-state index contributed by atoms with van der Waals surface area (Å²) < 4.78 is 52.9. The maximum atomic E-state index is 13.3. The van der Waals surface area contributed by atoms with Crippen molar-refractivity contribution in [2.45, 2.75) is 4.90 Å². The Morgan fingerprint density at radius 1 is 1.10 bits per heavy atom. The van der Waals surface area contributed by atoms with Crippen LogP contribution in [0.2, 0.25) is 0 Å². The van der Waals surface area contributed by atoms with Gasteiger partial charge < -0.3 is 5.73 Å². The highest BCUT2D eigenvalue weighted by Gasteiger charge is 2.16. The highest BCUT2D eigenvalue weighted by molar-refractivity contribution is 9.10. The van der Waals surface area contributed by atoms with E-state index < -0.39 is 21.7 Å². The van der Waals surface area contributed by atoms with Crippen molar-refractivity contribution in [3.8, 4) is 0 Å². The number of halogens is 3. The molecule has 2 aromatic carbocycles. The average molecular weight is 363 g/mol. The van der Waals surface area contributed by atoms with Crippen molar-refractivity contribution in [3.63, 3.8) is 0 Å². The summed E-state index contributed by atoms with van der Waals surface area (Å²) >= 11 is 2.95. The van der Waals surface area contributed by atoms with Crippen molar-refractivity contribution in [3.05, 3.63) is 52.5 Å². The molecule has 2 aromatic rings. The van der Waals surface area contributed by atoms with E-state index in [0.717, 1.165) is 24.3 Å². The molecule has 0 aromatic heterocycles. The summed E-state index contributed by atoms with van der Waals surface area (Å²) in [6, 6.07) is 6.66. The van der Waals surface area contributed by atoms with Crippen LogP contribution in [-0.4, -0.2) is 8.42 Å². The summed E-state index contributed by atoms with van der Waals surface area (Å²) in [7, 11) is -4.04. The Balaban J connectivity index is 2.37. The standard InChI is InChI=1S/C12H9BrF2N2O2S/c13-11-2-1-9(6-12(11)15)17-20(18,19)10-4-7(14)3-8(16)5-10/h1-6,17H,16H2. The molecule has 0 aliphatic carbocycles. The maximum absolute atomic E-state index is 13.3. The first kappa shape index (κ1) is 14.7. The van der Waals surface area contributed by atoms with Gasteiger partial charge in [0.1, 0.15) is 11.6 Å². The Morgan fingerprint density at radius 2 is 1.80 bits per heavy atom. The molecule has 0 atom stereocenters. The summed E-state index contributed by atoms with van der Waals surface area (Å²) in [6.07, 6.45) is 0. The highest BCUT2D eigenvalue weighted by atomic mass is 79.9. The molecule has 8 heteroatoms. The fourth-order valence-electron chi connectivity index (χ4n) is 1.51. The summed E-state index contributed by atoms with van der Waals surface area (Å²) in [4.78, 5) is -0.335. The molecule has 0 unspecified atom stereocenters. The fourth-order valence-corrected chi connectivity index (χ4v) is 2.87. The quantitative estimate of drug-likeness (QED) is 0.824. The molecule has 0 radical (unpaired) electrons. The lowest BCUT2D eigenvalue weighted by Gasteiger charge is -2.09. The Kier molecular flexibility index (Phi) is 3.96. The van der Waals surface area contributed by atoms with Gasteiger partial charge in [0.15, 0.2) is 0 Å². The van der Waals surface area contributed by atoms with Crippen molar-refractivity contribution >= 4 is 37.3 Å². The first-order valence-electron chi connectivity index (χ1n) is 5.32. The van der Waals surface area contributed by atoms with Crippen LogP contribution < -0.4 is 10.5 Å². The van der Waals surface area contributed by atoms with E-state index >= 15 is 0 Å². The van der Waals surface area contributed by atoms with Gasteiger partial charge in [-0.3, -0.25) is 4.72 Å². The molecule has 0 amide bonds. The monoisotopic (exact) mass is 362 g/mol. The van der Waals surface area contributed by atoms with E-state index in [-0.39, 0.29) is 20.7 Å². The summed E-state index contributed by atoms with van der Waals surface area (Å²) in [6.45, 7) is 0. The zero-order valence-electron chi connectivity index (χ0n) is 9.90. The van der Waals surface area contributed by atoms with Crippen LogP contribution in [-0.2, 0) is 10.0 Å². The van der Waals surface area contributed by atoms with Crippen LogP contribution in [0.1, 0.15) is 0 Å². The fraction of sp³-hybridized carbons (Fsp3) is 0. The third-order valence-corrected chi connectivity index (χ3v) is 4.38. The summed E-state index contributed by atoms with van der Waals surface area (Å²) in [5.41, 5.74) is 5.40. The molecule has 2 rings (SSSR count). The Morgan fingerprint density at radius 3 is 2.40 bits per heavy atom. The molecule has 0 aliphatic heterocycles. The molecule has 3 N–H and O–H groups in total. The molecule has 0 bridgehead atoms. The molecule has 0 fully saturated rings. The van der Waals surface area contributed by atoms with Crippen LogP contribution in [0.15, 0.2) is 45.8 Å². The second-order valence-corrected chi connectivity index (χ2v) is 6.49. The van der Waals surface area contributed by atoms with Gasteiger partial charge in [-0.05, 0) is 52.3 Å². The lowest BCUT2D eigenvalue weighted by Crippen LogP contribution is -2.13. The third kappa shape index (κ3) is 3.26. The lowest BCUT2D eigenvalue weighted by atomic mass is 10.3. The van der Waals surface area contributed by atoms with Crippen LogP contribution in [0.3, 0.4) is 0 Å². The Hall–Kier alpha value is -1.67. The lowest BCUT2D eigenvalue weighted by molar-refractivity contribution is 0.595. The van der Waals surface area contributed by atoms with Crippen LogP contribution in [0.5, 0.6) is 0 Å². The zero-order chi connectivity index (χ0) is 14.9. The number of nitrogens with one attached hydrogen (secondary N) is 1. The Labute approximate surface area is 122 Å². The molecule has 0 aliphatic rings. The van der Waals surface area contributed by atoms with Gasteiger partial charge in [0.25, 0.3) is 10.0 Å². The smallest absolute Gasteiger partial charge is 0.262 e. The van der Waals surface area contributed by atoms with Gasteiger partial charge in [0.2, 0.25) is 0 Å². The first-order chi connectivity index (χ1) is 9.28. The molecule has 0 saturated heterocycles. The molecular formula is C12H9BrF2N2O2S. The van der Waals surface area contributed by atoms with Crippen LogP contribution in [0, 0.1) is 11.6 Å². The van der Waals surface area contributed by atoms with E-state index in [1.807, 2.05) is 0 Å². The van der Waals surface area contributed by atoms with Crippen molar-refractivity contribution in [2.75, 3.05) is 10.5 Å². The van der Waals surface area contributed by atoms with Crippen molar-refractivity contribution in [2.24, 2.45) is 0 Å². The maximum Gasteiger partial charge on any atom is 0.262 e. The van der Waals surface area contributed by atoms with Gasteiger partial charge in [0, 0.05) is 5.69 Å². The largest absolute Gasteiger partial charge is 0.399 e. The minimum atomic E-state index is -4.04. The van der Waals surface area contributed by atoms with Crippen LogP contribution in [0.25, 0.3) is 0 Å². The number of rotatable bonds is 3. The first-order valence-corrected chi connectivity index (χ1v) is 7.59. The van der Waals surface area contributed by atoms with E-state index in [1.54, 1.807) is 0 Å². The van der Waals surface area contributed by atoms with E-state index in [1.165, 1.54) is 12.1 Å². The summed E-state index contributed by atoms with van der Waals surface area (Å²) in [5, 5.41) is 0.